The number of hydrogen-bond donors (Lipinski definition) is 0. The van der Waals surface area contributed by atoms with Gasteiger partial charge in [0.2, 0.25) is 0 Å². The van der Waals surface area contributed by atoms with E-state index in [0.29, 0.717) is 20.6 Å². The first-order valence-corrected chi connectivity index (χ1v) is 45.2. The smallest absolute Gasteiger partial charge is 0.0681 e. The lowest BCUT2D eigenvalue weighted by atomic mass is 9.93. The van der Waals surface area contributed by atoms with E-state index >= 15 is 0 Å². The first-order valence-electron chi connectivity index (χ1n) is 36.4. The summed E-state index contributed by atoms with van der Waals surface area (Å²) in [6.07, 6.45) is 8.51. The fourth-order valence-electron chi connectivity index (χ4n) is 14.5. The van der Waals surface area contributed by atoms with Gasteiger partial charge in [0.1, 0.15) is 0 Å². The Kier molecular flexibility index (Phi) is 26.2. The van der Waals surface area contributed by atoms with Gasteiger partial charge in [0.15, 0.2) is 0 Å². The Morgan fingerprint density at radius 2 is 0.490 bits per heavy atom. The molecule has 0 aliphatic carbocycles. The maximum absolute atomic E-state index is 4.97. The molecule has 0 fully saturated rings. The first kappa shape index (κ1) is 78.2. The molecule has 102 heavy (non-hydrogen) atoms. The quantitative estimate of drug-likeness (QED) is 0.0849. The summed E-state index contributed by atoms with van der Waals surface area (Å²) in [5, 5.41) is 15.1. The van der Waals surface area contributed by atoms with Crippen LogP contribution in [-0.4, -0.2) is 40.9 Å². The van der Waals surface area contributed by atoms with Gasteiger partial charge < -0.3 is 0 Å². The lowest BCUT2D eigenvalue weighted by molar-refractivity contribution is 0.699. The highest BCUT2D eigenvalue weighted by atomic mass is 31.1. The summed E-state index contributed by atoms with van der Waals surface area (Å²) in [6, 6.07) is 103. The molecule has 8 heteroatoms. The van der Waals surface area contributed by atoms with Gasteiger partial charge in [-0.05, 0) is 186 Å². The van der Waals surface area contributed by atoms with Gasteiger partial charge in [-0.2, -0.15) is 0 Å². The number of benzene rings is 10. The Morgan fingerprint density at radius 1 is 0.235 bits per heavy atom. The molecule has 2 atom stereocenters. The van der Waals surface area contributed by atoms with Gasteiger partial charge >= 0.3 is 0 Å². The van der Waals surface area contributed by atoms with Crippen molar-refractivity contribution in [2.24, 2.45) is 0 Å². The summed E-state index contributed by atoms with van der Waals surface area (Å²) < 4.78 is 0. The number of pyridine rings is 2. The minimum atomic E-state index is -0.798. The van der Waals surface area contributed by atoms with Gasteiger partial charge in [-0.25, -0.2) is 0 Å². The van der Waals surface area contributed by atoms with E-state index in [2.05, 4.69) is 392 Å². The van der Waals surface area contributed by atoms with Crippen molar-refractivity contribution in [2.75, 3.05) is 0 Å². The summed E-state index contributed by atoms with van der Waals surface area (Å²) in [7, 11) is -2.75. The zero-order valence-electron chi connectivity index (χ0n) is 64.1. The van der Waals surface area contributed by atoms with Crippen molar-refractivity contribution in [1.29, 1.82) is 0 Å². The Labute approximate surface area is 622 Å². The van der Waals surface area contributed by atoms with Crippen LogP contribution in [0.3, 0.4) is 0 Å². The standard InChI is InChI=1S/C38H38N2P2.C32H28P2.C24H44P2/c1-37(2,3)41(33-19-11-13-25-39-33)31-23-21-27-15-7-9-17-29(27)35(31)36-30-18-10-8-16-28(30)22-24-32(36)42(38(4,5)6)34-20-12-14-26-40-34;1-5-17-29(18-6-1)33(30-19-7-2-8-20-30)25-27-15-13-14-16-28(27)26-34(31-21-9-3-10-22-31)32-23-11-4-12-24-32;1-21(2,3)25(22(4,5)6)17-19-15-13-14-16-20(19)18-26(23(7,8)9)24(10,11)12/h7-26H,1-6H3;1-24H,25-26H2;13-16H,17-18H2,1-12H3. The van der Waals surface area contributed by atoms with Crippen LogP contribution in [0, 0.1) is 0 Å². The first-order chi connectivity index (χ1) is 48.5. The number of nitrogens with zero attached hydrogens (tertiary/aromatic N) is 2. The van der Waals surface area contributed by atoms with Gasteiger partial charge in [-0.1, -0.05) is 395 Å². The fraction of sp³-hybridized carbons (Fsp3) is 0.298. The van der Waals surface area contributed by atoms with E-state index in [1.165, 1.54) is 98.8 Å². The number of rotatable bonds is 17. The fourth-order valence-corrected chi connectivity index (χ4v) is 32.0. The zero-order chi connectivity index (χ0) is 73.0. The molecule has 2 aromatic heterocycles. The molecule has 0 saturated heterocycles. The highest BCUT2D eigenvalue weighted by Gasteiger charge is 2.39. The van der Waals surface area contributed by atoms with Crippen LogP contribution in [0.4, 0.5) is 0 Å². The number of hydrogen-bond acceptors (Lipinski definition) is 2. The lowest BCUT2D eigenvalue weighted by Crippen LogP contribution is -2.31. The Hall–Kier alpha value is -6.40. The molecule has 526 valence electrons. The van der Waals surface area contributed by atoms with Gasteiger partial charge in [0.25, 0.3) is 0 Å². The molecule has 2 heterocycles. The molecule has 0 saturated carbocycles. The number of aromatic nitrogens is 2. The molecular weight excluding hydrogens is 1340 g/mol. The second-order valence-electron chi connectivity index (χ2n) is 32.7. The Balaban J connectivity index is 0.000000170. The van der Waals surface area contributed by atoms with Crippen LogP contribution in [0.15, 0.2) is 291 Å². The zero-order valence-corrected chi connectivity index (χ0v) is 69.5. The molecule has 0 aliphatic rings. The maximum Gasteiger partial charge on any atom is 0.0681 e. The number of fused-ring (bicyclic) bond motifs is 2. The Morgan fingerprint density at radius 3 is 0.755 bits per heavy atom. The minimum Gasteiger partial charge on any atom is -0.256 e. The largest absolute Gasteiger partial charge is 0.256 e. The summed E-state index contributed by atoms with van der Waals surface area (Å²) >= 11 is 0. The maximum atomic E-state index is 4.97. The third-order valence-corrected chi connectivity index (χ3v) is 37.3. The van der Waals surface area contributed by atoms with Crippen LogP contribution in [0.5, 0.6) is 0 Å². The molecule has 0 amide bonds. The normalized spacial score (nSPS) is 13.0. The topological polar surface area (TPSA) is 25.8 Å². The van der Waals surface area contributed by atoms with Crippen molar-refractivity contribution in [3.63, 3.8) is 0 Å². The summed E-state index contributed by atoms with van der Waals surface area (Å²) in [6.45, 7) is 43.4. The second kappa shape index (κ2) is 34.2. The molecule has 0 aliphatic heterocycles. The van der Waals surface area contributed by atoms with Gasteiger partial charge in [0.05, 0.1) is 10.9 Å². The Bertz CT molecular complexity index is 4200. The average molecular weight is 1450 g/mol. The molecule has 0 N–H and O–H groups in total. The molecule has 2 unspecified atom stereocenters. The van der Waals surface area contributed by atoms with Crippen LogP contribution < -0.4 is 42.7 Å². The molecule has 0 spiro atoms. The third-order valence-electron chi connectivity index (χ3n) is 18.7. The van der Waals surface area contributed by atoms with Crippen molar-refractivity contribution >= 4 is 112 Å². The van der Waals surface area contributed by atoms with Crippen molar-refractivity contribution in [2.45, 2.75) is 180 Å². The van der Waals surface area contributed by atoms with Crippen LogP contribution in [-0.2, 0) is 24.6 Å². The van der Waals surface area contributed by atoms with Crippen molar-refractivity contribution in [3.05, 3.63) is 314 Å². The van der Waals surface area contributed by atoms with E-state index in [1.807, 2.05) is 24.5 Å². The summed E-state index contributed by atoms with van der Waals surface area (Å²) in [5.74, 6) is 0. The van der Waals surface area contributed by atoms with E-state index in [4.69, 9.17) is 9.97 Å². The molecule has 12 aromatic rings. The predicted octanol–water partition coefficient (Wildman–Crippen LogP) is 24.7. The average Bonchev–Trinajstić information content (AvgIpc) is 0.729. The van der Waals surface area contributed by atoms with Gasteiger partial charge in [-0.3, -0.25) is 9.97 Å². The highest BCUT2D eigenvalue weighted by Crippen LogP contribution is 2.64. The molecule has 12 rings (SSSR count). The van der Waals surface area contributed by atoms with Gasteiger partial charge in [-0.15, -0.1) is 0 Å². The van der Waals surface area contributed by atoms with E-state index in [9.17, 15) is 0 Å². The van der Waals surface area contributed by atoms with Crippen molar-refractivity contribution in [1.82, 2.24) is 9.97 Å². The van der Waals surface area contributed by atoms with Crippen LogP contribution >= 0.6 is 47.5 Å². The molecule has 10 aromatic carbocycles. The SMILES string of the molecule is CC(C)(C)P(Cc1ccccc1CP(C(C)(C)C)C(C)(C)C)C(C)(C)C.CC(C)(C)P(c1ccccn1)c1ccc2ccccc2c1-c1c(P(c2ccccn2)C(C)(C)C)ccc2ccccc12.c1ccc(P(Cc2ccccc2CP(c2ccccc2)c2ccccc2)c2ccccc2)cc1. The van der Waals surface area contributed by atoms with Crippen LogP contribution in [0.25, 0.3) is 32.7 Å². The van der Waals surface area contributed by atoms with Crippen molar-refractivity contribution < 1.29 is 0 Å². The predicted molar refractivity (Wildman–Crippen MR) is 466 cm³/mol. The van der Waals surface area contributed by atoms with Crippen molar-refractivity contribution in [3.8, 4) is 11.1 Å². The van der Waals surface area contributed by atoms with Crippen LogP contribution in [0.2, 0.25) is 0 Å². The monoisotopic (exact) mass is 1450 g/mol. The van der Waals surface area contributed by atoms with E-state index in [1.54, 1.807) is 11.1 Å². The lowest BCUT2D eigenvalue weighted by Gasteiger charge is -2.43. The summed E-state index contributed by atoms with van der Waals surface area (Å²) in [5.41, 5.74) is 11.2. The molecule has 0 bridgehead atoms. The molecular formula is C94H110N2P6. The molecule has 2 nitrogen and oxygen atoms in total. The summed E-state index contributed by atoms with van der Waals surface area (Å²) in [4.78, 5) is 9.93. The second-order valence-corrected chi connectivity index (χ2v) is 50.7. The van der Waals surface area contributed by atoms with E-state index in [-0.39, 0.29) is 26.2 Å². The van der Waals surface area contributed by atoms with Crippen LogP contribution in [0.1, 0.15) is 147 Å². The molecule has 0 radical (unpaired) electrons. The van der Waals surface area contributed by atoms with E-state index < -0.39 is 31.7 Å². The third kappa shape index (κ3) is 20.1. The minimum absolute atomic E-state index is 0.00138. The van der Waals surface area contributed by atoms with Gasteiger partial charge in [0, 0.05) is 24.7 Å². The highest BCUT2D eigenvalue weighted by molar-refractivity contribution is 7.75. The van der Waals surface area contributed by atoms with E-state index in [0.717, 1.165) is 12.3 Å².